The van der Waals surface area contributed by atoms with Crippen LogP contribution in [-0.4, -0.2) is 15.1 Å². The zero-order chi connectivity index (χ0) is 19.6. The summed E-state index contributed by atoms with van der Waals surface area (Å²) in [6.07, 6.45) is -3.27. The number of phenols is 2. The highest BCUT2D eigenvalue weighted by atomic mass is 19.4. The molecular formula is C15H8F3N3O5. The molecule has 0 bridgehead atoms. The highest BCUT2D eigenvalue weighted by molar-refractivity contribution is 5.90. The Bertz CT molecular complexity index is 964. The van der Waals surface area contributed by atoms with Crippen LogP contribution in [0.1, 0.15) is 16.8 Å². The van der Waals surface area contributed by atoms with Gasteiger partial charge < -0.3 is 15.4 Å². The van der Waals surface area contributed by atoms with E-state index in [1.54, 1.807) is 6.07 Å². The third kappa shape index (κ3) is 3.64. The van der Waals surface area contributed by atoms with Crippen LogP contribution in [0, 0.1) is 26.7 Å². The Morgan fingerprint density at radius 2 is 1.96 bits per heavy atom. The first-order chi connectivity index (χ1) is 12.0. The maximum Gasteiger partial charge on any atom is 0.478 e. The van der Waals surface area contributed by atoms with Gasteiger partial charge in [-0.2, -0.15) is 23.2 Å². The van der Waals surface area contributed by atoms with Crippen LogP contribution < -0.4 is 4.73 Å². The molecule has 0 unspecified atom stereocenters. The van der Waals surface area contributed by atoms with Crippen LogP contribution in [0.3, 0.4) is 0 Å². The number of pyridine rings is 1. The molecule has 0 saturated carbocycles. The van der Waals surface area contributed by atoms with Gasteiger partial charge >= 0.3 is 11.9 Å². The molecule has 0 aliphatic heterocycles. The number of hydrogen-bond donors (Lipinski definition) is 2. The average molecular weight is 367 g/mol. The fraction of sp³-hybridized carbons (Fsp3) is 0.0667. The number of halogens is 3. The minimum Gasteiger partial charge on any atom is -0.618 e. The SMILES string of the molecule is N#C/C(=C/c1ccc(C(F)(F)F)[n+]([O-])c1)c1cc(O)c(O)c([N+](=O)[O-])c1. The summed E-state index contributed by atoms with van der Waals surface area (Å²) < 4.78 is 37.3. The molecule has 0 aliphatic carbocycles. The van der Waals surface area contributed by atoms with Crippen LogP contribution in [0.5, 0.6) is 11.5 Å². The third-order valence-electron chi connectivity index (χ3n) is 3.24. The molecule has 0 radical (unpaired) electrons. The monoisotopic (exact) mass is 367 g/mol. The molecule has 2 rings (SSSR count). The summed E-state index contributed by atoms with van der Waals surface area (Å²) in [4.78, 5) is 9.86. The first kappa shape index (κ1) is 18.5. The second kappa shape index (κ2) is 6.60. The standard InChI is InChI=1S/C15H8F3N3O5/c16-15(17,18)13-2-1-8(7-20(13)24)3-10(6-19)9-4-11(21(25)26)14(23)12(22)5-9/h1-5,7,22-23H/b10-3-. The van der Waals surface area contributed by atoms with Crippen molar-refractivity contribution >= 4 is 17.3 Å². The number of nitriles is 1. The zero-order valence-corrected chi connectivity index (χ0v) is 12.6. The summed E-state index contributed by atoms with van der Waals surface area (Å²) in [5, 5.41) is 50.5. The van der Waals surface area contributed by atoms with Gasteiger partial charge in [0.25, 0.3) is 5.69 Å². The van der Waals surface area contributed by atoms with E-state index in [0.717, 1.165) is 24.3 Å². The van der Waals surface area contributed by atoms with Gasteiger partial charge in [-0.1, -0.05) is 0 Å². The number of nitro groups is 1. The number of benzene rings is 1. The Hall–Kier alpha value is -3.81. The van der Waals surface area contributed by atoms with E-state index < -0.39 is 38.7 Å². The predicted molar refractivity (Wildman–Crippen MR) is 80.3 cm³/mol. The first-order valence-electron chi connectivity index (χ1n) is 6.67. The molecule has 0 saturated heterocycles. The average Bonchev–Trinajstić information content (AvgIpc) is 2.53. The van der Waals surface area contributed by atoms with Crippen LogP contribution in [0.4, 0.5) is 18.9 Å². The minimum absolute atomic E-state index is 0.0835. The molecule has 0 spiro atoms. The smallest absolute Gasteiger partial charge is 0.478 e. The molecule has 8 nitrogen and oxygen atoms in total. The van der Waals surface area contributed by atoms with Crippen molar-refractivity contribution in [1.82, 2.24) is 0 Å². The Kier molecular flexibility index (Phi) is 4.70. The van der Waals surface area contributed by atoms with E-state index >= 15 is 0 Å². The topological polar surface area (TPSA) is 134 Å². The first-order valence-corrected chi connectivity index (χ1v) is 6.67. The van der Waals surface area contributed by atoms with E-state index in [-0.39, 0.29) is 16.7 Å². The predicted octanol–water partition coefficient (Wildman–Crippen LogP) is 2.72. The highest BCUT2D eigenvalue weighted by Gasteiger charge is 2.39. The van der Waals surface area contributed by atoms with E-state index in [1.165, 1.54) is 0 Å². The minimum atomic E-state index is -4.86. The van der Waals surface area contributed by atoms with Gasteiger partial charge in [0.15, 0.2) is 11.9 Å². The Labute approximate surface area is 143 Å². The van der Waals surface area contributed by atoms with Crippen molar-refractivity contribution in [2.75, 3.05) is 0 Å². The van der Waals surface area contributed by atoms with Crippen molar-refractivity contribution in [2.45, 2.75) is 6.18 Å². The molecule has 0 aliphatic rings. The lowest BCUT2D eigenvalue weighted by molar-refractivity contribution is -0.629. The zero-order valence-electron chi connectivity index (χ0n) is 12.6. The van der Waals surface area contributed by atoms with Crippen molar-refractivity contribution in [3.8, 4) is 17.6 Å². The second-order valence-electron chi connectivity index (χ2n) is 4.96. The number of nitrogens with zero attached hydrogens (tertiary/aromatic N) is 3. The maximum absolute atomic E-state index is 12.6. The molecule has 1 aromatic carbocycles. The van der Waals surface area contributed by atoms with E-state index in [0.29, 0.717) is 12.3 Å². The van der Waals surface area contributed by atoms with Crippen molar-refractivity contribution in [1.29, 1.82) is 5.26 Å². The number of rotatable bonds is 3. The van der Waals surface area contributed by atoms with Crippen LogP contribution in [0.15, 0.2) is 30.5 Å². The van der Waals surface area contributed by atoms with Gasteiger partial charge in [0.1, 0.15) is 0 Å². The van der Waals surface area contributed by atoms with Crippen LogP contribution in [0.25, 0.3) is 11.6 Å². The largest absolute Gasteiger partial charge is 0.618 e. The number of phenolic OH excluding ortho intramolecular Hbond substituents is 2. The molecular weight excluding hydrogens is 359 g/mol. The summed E-state index contributed by atoms with van der Waals surface area (Å²) >= 11 is 0. The Morgan fingerprint density at radius 1 is 1.31 bits per heavy atom. The van der Waals surface area contributed by atoms with Gasteiger partial charge in [-0.05, 0) is 18.2 Å². The van der Waals surface area contributed by atoms with Crippen molar-refractivity contribution in [3.05, 3.63) is 62.6 Å². The van der Waals surface area contributed by atoms with Crippen LogP contribution in [-0.2, 0) is 6.18 Å². The van der Waals surface area contributed by atoms with Gasteiger partial charge in [-0.3, -0.25) is 10.1 Å². The van der Waals surface area contributed by atoms with Crippen molar-refractivity contribution in [2.24, 2.45) is 0 Å². The van der Waals surface area contributed by atoms with Crippen LogP contribution >= 0.6 is 0 Å². The molecule has 2 aromatic rings. The number of alkyl halides is 3. The van der Waals surface area contributed by atoms with E-state index in [1.807, 2.05) is 0 Å². The third-order valence-corrected chi connectivity index (χ3v) is 3.24. The van der Waals surface area contributed by atoms with Gasteiger partial charge in [-0.25, -0.2) is 0 Å². The summed E-state index contributed by atoms with van der Waals surface area (Å²) in [7, 11) is 0. The molecule has 26 heavy (non-hydrogen) atoms. The number of nitro benzene ring substituents is 1. The van der Waals surface area contributed by atoms with Crippen LogP contribution in [0.2, 0.25) is 0 Å². The molecule has 11 heteroatoms. The lowest BCUT2D eigenvalue weighted by Gasteiger charge is -2.08. The summed E-state index contributed by atoms with van der Waals surface area (Å²) in [6, 6.07) is 4.78. The van der Waals surface area contributed by atoms with Gasteiger partial charge in [0.05, 0.1) is 16.6 Å². The summed E-state index contributed by atoms with van der Waals surface area (Å²) in [5.41, 5.74) is -2.87. The number of allylic oxidation sites excluding steroid dienone is 1. The second-order valence-corrected chi connectivity index (χ2v) is 4.96. The van der Waals surface area contributed by atoms with E-state index in [2.05, 4.69) is 0 Å². The lowest BCUT2D eigenvalue weighted by atomic mass is 10.0. The molecule has 1 aromatic heterocycles. The van der Waals surface area contributed by atoms with E-state index in [4.69, 9.17) is 0 Å². The molecule has 1 heterocycles. The number of hydrogen-bond acceptors (Lipinski definition) is 6. The van der Waals surface area contributed by atoms with Gasteiger partial charge in [0, 0.05) is 23.3 Å². The molecule has 0 atom stereocenters. The van der Waals surface area contributed by atoms with Crippen molar-refractivity contribution in [3.63, 3.8) is 0 Å². The molecule has 134 valence electrons. The van der Waals surface area contributed by atoms with Gasteiger partial charge in [-0.15, -0.1) is 0 Å². The Morgan fingerprint density at radius 3 is 2.46 bits per heavy atom. The quantitative estimate of drug-likeness (QED) is 0.214. The fourth-order valence-corrected chi connectivity index (χ4v) is 2.05. The van der Waals surface area contributed by atoms with Gasteiger partial charge in [0.2, 0.25) is 5.75 Å². The fourth-order valence-electron chi connectivity index (χ4n) is 2.05. The maximum atomic E-state index is 12.6. The number of aromatic nitrogens is 1. The highest BCUT2D eigenvalue weighted by Crippen LogP contribution is 2.38. The Balaban J connectivity index is 2.55. The normalized spacial score (nSPS) is 11.8. The summed E-state index contributed by atoms with van der Waals surface area (Å²) in [5.74, 6) is -1.86. The molecule has 0 amide bonds. The summed E-state index contributed by atoms with van der Waals surface area (Å²) in [6.45, 7) is 0. The lowest BCUT2D eigenvalue weighted by Crippen LogP contribution is -2.36. The number of aromatic hydroxyl groups is 2. The van der Waals surface area contributed by atoms with E-state index in [9.17, 15) is 44.0 Å². The van der Waals surface area contributed by atoms with Crippen molar-refractivity contribution < 1.29 is 33.0 Å². The molecule has 0 fully saturated rings. The molecule has 2 N–H and O–H groups in total.